The maximum atomic E-state index is 12.8. The van der Waals surface area contributed by atoms with Crippen molar-refractivity contribution in [3.8, 4) is 0 Å². The highest BCUT2D eigenvalue weighted by Crippen LogP contribution is 2.42. The van der Waals surface area contributed by atoms with Gasteiger partial charge in [0.1, 0.15) is 0 Å². The predicted molar refractivity (Wildman–Crippen MR) is 130 cm³/mol. The molecule has 5 nitrogen and oxygen atoms in total. The molecule has 2 aliphatic heterocycles. The van der Waals surface area contributed by atoms with Crippen LogP contribution in [0, 0.1) is 0 Å². The first-order valence-electron chi connectivity index (χ1n) is 11.7. The van der Waals surface area contributed by atoms with E-state index in [0.29, 0.717) is 6.54 Å². The molecule has 2 aromatic rings. The van der Waals surface area contributed by atoms with Crippen LogP contribution in [0.3, 0.4) is 0 Å². The average Bonchev–Trinajstić information content (AvgIpc) is 2.77. The number of benzene rings is 2. The minimum atomic E-state index is 0.134. The van der Waals surface area contributed by atoms with Gasteiger partial charge >= 0.3 is 0 Å². The normalized spacial score (nSPS) is 24.1. The zero-order valence-electron chi connectivity index (χ0n) is 19.2. The van der Waals surface area contributed by atoms with Crippen molar-refractivity contribution >= 4 is 18.1 Å². The third-order valence-electron chi connectivity index (χ3n) is 6.76. The monoisotopic (exact) mass is 433 g/mol. The lowest BCUT2D eigenvalue weighted by Crippen LogP contribution is -2.68. The number of carbonyl (C=O) groups excluding carboxylic acids is 1. The Morgan fingerprint density at radius 3 is 2.31 bits per heavy atom. The van der Waals surface area contributed by atoms with Crippen molar-refractivity contribution in [1.82, 2.24) is 14.7 Å². The van der Waals surface area contributed by atoms with Gasteiger partial charge in [-0.2, -0.15) is 0 Å². The quantitative estimate of drug-likeness (QED) is 0.711. The molecule has 2 aliphatic rings. The molecule has 4 rings (SSSR count). The summed E-state index contributed by atoms with van der Waals surface area (Å²) in [4.78, 5) is 19.2. The van der Waals surface area contributed by atoms with Crippen molar-refractivity contribution in [2.75, 3.05) is 46.9 Å². The van der Waals surface area contributed by atoms with Gasteiger partial charge in [-0.25, -0.2) is 0 Å². The second kappa shape index (κ2) is 10.4. The van der Waals surface area contributed by atoms with Crippen LogP contribution < -0.4 is 0 Å². The van der Waals surface area contributed by atoms with Crippen LogP contribution in [0.2, 0.25) is 0 Å². The van der Waals surface area contributed by atoms with Crippen molar-refractivity contribution in [3.63, 3.8) is 0 Å². The highest BCUT2D eigenvalue weighted by atomic mass is 16.3. The lowest BCUT2D eigenvalue weighted by molar-refractivity contribution is -0.137. The number of hydrogen-bond acceptors (Lipinski definition) is 4. The van der Waals surface area contributed by atoms with E-state index in [4.69, 9.17) is 0 Å². The fraction of sp³-hybridized carbons (Fsp3) is 0.444. The van der Waals surface area contributed by atoms with E-state index in [-0.39, 0.29) is 30.5 Å². The first-order valence-corrected chi connectivity index (χ1v) is 11.7. The summed E-state index contributed by atoms with van der Waals surface area (Å²) in [6.07, 6.45) is 6.34. The SMILES string of the molecule is CN(C)CC(=O)N1CCCCN2[C@@H](CO)[C@@H](c3ccc(C=Cc4ccccc4)cc3)[C@@H]2C1. The molecule has 2 saturated heterocycles. The molecule has 0 bridgehead atoms. The Hall–Kier alpha value is -2.47. The highest BCUT2D eigenvalue weighted by Gasteiger charge is 2.49. The number of rotatable bonds is 6. The number of carbonyl (C=O) groups is 1. The summed E-state index contributed by atoms with van der Waals surface area (Å²) in [5.74, 6) is 0.448. The summed E-state index contributed by atoms with van der Waals surface area (Å²) < 4.78 is 0. The summed E-state index contributed by atoms with van der Waals surface area (Å²) in [6, 6.07) is 19.4. The van der Waals surface area contributed by atoms with Gasteiger partial charge in [0, 0.05) is 31.1 Å². The fourth-order valence-electron chi connectivity index (χ4n) is 5.12. The molecule has 3 atom stereocenters. The van der Waals surface area contributed by atoms with E-state index in [1.54, 1.807) is 0 Å². The van der Waals surface area contributed by atoms with Gasteiger partial charge < -0.3 is 14.9 Å². The summed E-state index contributed by atoms with van der Waals surface area (Å²) >= 11 is 0. The molecule has 0 saturated carbocycles. The molecule has 2 aromatic carbocycles. The lowest BCUT2D eigenvalue weighted by Gasteiger charge is -2.57. The maximum absolute atomic E-state index is 12.8. The van der Waals surface area contributed by atoms with Crippen LogP contribution in [0.4, 0.5) is 0 Å². The number of aliphatic hydroxyl groups is 1. The minimum Gasteiger partial charge on any atom is -0.395 e. The van der Waals surface area contributed by atoms with Crippen LogP contribution in [-0.2, 0) is 4.79 Å². The van der Waals surface area contributed by atoms with E-state index in [1.807, 2.05) is 42.1 Å². The zero-order valence-corrected chi connectivity index (χ0v) is 19.2. The topological polar surface area (TPSA) is 47.0 Å². The number of nitrogens with zero attached hydrogens (tertiary/aromatic N) is 3. The van der Waals surface area contributed by atoms with Crippen LogP contribution in [0.1, 0.15) is 35.4 Å². The van der Waals surface area contributed by atoms with Gasteiger partial charge in [-0.15, -0.1) is 0 Å². The molecule has 2 heterocycles. The molecule has 1 N–H and O–H groups in total. The molecule has 0 unspecified atom stereocenters. The van der Waals surface area contributed by atoms with Crippen LogP contribution in [-0.4, -0.2) is 84.7 Å². The third kappa shape index (κ3) is 5.12. The van der Waals surface area contributed by atoms with Gasteiger partial charge in [-0.05, 0) is 50.2 Å². The standard InChI is InChI=1S/C27H35N3O2/c1-28(2)19-26(32)29-16-6-7-17-30-24(18-29)27(25(30)20-31)23-14-12-22(13-15-23)11-10-21-8-4-3-5-9-21/h3-5,8-15,24-25,27,31H,6-7,16-20H2,1-2H3/t24-,25-,27-/m0/s1. The number of amides is 1. The Morgan fingerprint density at radius 2 is 1.66 bits per heavy atom. The van der Waals surface area contributed by atoms with E-state index >= 15 is 0 Å². The van der Waals surface area contributed by atoms with Gasteiger partial charge in [-0.3, -0.25) is 9.69 Å². The molecule has 170 valence electrons. The van der Waals surface area contributed by atoms with Crippen molar-refractivity contribution in [3.05, 3.63) is 71.3 Å². The Labute approximate surface area is 191 Å². The zero-order chi connectivity index (χ0) is 22.5. The average molecular weight is 434 g/mol. The lowest BCUT2D eigenvalue weighted by atomic mass is 9.74. The Morgan fingerprint density at radius 1 is 1.00 bits per heavy atom. The van der Waals surface area contributed by atoms with Gasteiger partial charge in [0.05, 0.1) is 13.2 Å². The summed E-state index contributed by atoms with van der Waals surface area (Å²) in [7, 11) is 3.88. The summed E-state index contributed by atoms with van der Waals surface area (Å²) in [6.45, 7) is 3.17. The molecule has 2 fully saturated rings. The number of likely N-dealkylation sites (N-methyl/N-ethyl adjacent to an activating group) is 1. The molecule has 32 heavy (non-hydrogen) atoms. The third-order valence-corrected chi connectivity index (χ3v) is 6.76. The number of aliphatic hydroxyl groups excluding tert-OH is 1. The molecule has 5 heteroatoms. The fourth-order valence-corrected chi connectivity index (χ4v) is 5.12. The van der Waals surface area contributed by atoms with Crippen molar-refractivity contribution in [2.24, 2.45) is 0 Å². The van der Waals surface area contributed by atoms with Crippen LogP contribution >= 0.6 is 0 Å². The molecule has 0 spiro atoms. The molecular formula is C27H35N3O2. The first kappa shape index (κ1) is 22.7. The largest absolute Gasteiger partial charge is 0.395 e. The van der Waals surface area contributed by atoms with E-state index in [9.17, 15) is 9.90 Å². The molecule has 1 amide bonds. The molecular weight excluding hydrogens is 398 g/mol. The van der Waals surface area contributed by atoms with Gasteiger partial charge in [-0.1, -0.05) is 66.7 Å². The minimum absolute atomic E-state index is 0.134. The van der Waals surface area contributed by atoms with Crippen molar-refractivity contribution in [2.45, 2.75) is 30.8 Å². The van der Waals surface area contributed by atoms with Gasteiger partial charge in [0.15, 0.2) is 0 Å². The number of hydrogen-bond donors (Lipinski definition) is 1. The van der Waals surface area contributed by atoms with Gasteiger partial charge in [0.25, 0.3) is 0 Å². The molecule has 0 aliphatic carbocycles. The van der Waals surface area contributed by atoms with Gasteiger partial charge in [0.2, 0.25) is 5.91 Å². The Balaban J connectivity index is 1.49. The van der Waals surface area contributed by atoms with E-state index in [1.165, 1.54) is 11.1 Å². The molecule has 0 aromatic heterocycles. The number of fused-ring (bicyclic) bond motifs is 1. The van der Waals surface area contributed by atoms with Crippen molar-refractivity contribution < 1.29 is 9.90 Å². The second-order valence-electron chi connectivity index (χ2n) is 9.28. The van der Waals surface area contributed by atoms with Crippen LogP contribution in [0.25, 0.3) is 12.2 Å². The smallest absolute Gasteiger partial charge is 0.236 e. The predicted octanol–water partition coefficient (Wildman–Crippen LogP) is 3.17. The van der Waals surface area contributed by atoms with E-state index in [0.717, 1.165) is 38.0 Å². The van der Waals surface area contributed by atoms with Crippen molar-refractivity contribution in [1.29, 1.82) is 0 Å². The van der Waals surface area contributed by atoms with E-state index in [2.05, 4.69) is 53.5 Å². The highest BCUT2D eigenvalue weighted by molar-refractivity contribution is 5.78. The maximum Gasteiger partial charge on any atom is 0.236 e. The Bertz CT molecular complexity index is 910. The van der Waals surface area contributed by atoms with E-state index < -0.39 is 0 Å². The first-order chi connectivity index (χ1) is 15.6. The second-order valence-corrected chi connectivity index (χ2v) is 9.28. The van der Waals surface area contributed by atoms with Crippen LogP contribution in [0.5, 0.6) is 0 Å². The molecule has 0 radical (unpaired) electrons. The summed E-state index contributed by atoms with van der Waals surface area (Å²) in [5.41, 5.74) is 3.60. The Kier molecular flexibility index (Phi) is 7.40. The summed E-state index contributed by atoms with van der Waals surface area (Å²) in [5, 5.41) is 10.1. The van der Waals surface area contributed by atoms with Crippen LogP contribution in [0.15, 0.2) is 54.6 Å².